The fourth-order valence-corrected chi connectivity index (χ4v) is 3.37. The fraction of sp³-hybridized carbons (Fsp3) is 0.833. The number of piperidine rings is 1. The molecule has 0 aromatic rings. The largest absolute Gasteiger partial charge is 0.444 e. The van der Waals surface area contributed by atoms with Crippen molar-refractivity contribution in [3.8, 4) is 0 Å². The van der Waals surface area contributed by atoms with E-state index in [-0.39, 0.29) is 17.8 Å². The SMILES string of the molecule is CCC1=CCN(C(=O)OC(C)(C)C)CC1.CCC1CCN(C(=O)OC(C)(C)C)CC1. The molecule has 0 bridgehead atoms. The predicted octanol–water partition coefficient (Wildman–Crippen LogP) is 6.01. The molecule has 0 spiro atoms. The van der Waals surface area contributed by atoms with Gasteiger partial charge in [-0.2, -0.15) is 0 Å². The molecule has 2 heterocycles. The summed E-state index contributed by atoms with van der Waals surface area (Å²) in [4.78, 5) is 27.0. The average Bonchev–Trinajstić information content (AvgIpc) is 2.66. The van der Waals surface area contributed by atoms with Gasteiger partial charge in [0, 0.05) is 26.2 Å². The van der Waals surface area contributed by atoms with Gasteiger partial charge >= 0.3 is 12.2 Å². The Morgan fingerprint density at radius 2 is 1.40 bits per heavy atom. The van der Waals surface area contributed by atoms with E-state index < -0.39 is 5.60 Å². The Hall–Kier alpha value is -1.72. The molecule has 0 radical (unpaired) electrons. The molecule has 2 amide bonds. The summed E-state index contributed by atoms with van der Waals surface area (Å²) in [5, 5.41) is 0. The summed E-state index contributed by atoms with van der Waals surface area (Å²) in [6, 6.07) is 0. The maximum atomic E-state index is 11.7. The number of hydrogen-bond acceptors (Lipinski definition) is 4. The molecular formula is C24H44N2O4. The first-order chi connectivity index (χ1) is 13.8. The van der Waals surface area contributed by atoms with Gasteiger partial charge in [0.1, 0.15) is 11.2 Å². The number of amides is 2. The van der Waals surface area contributed by atoms with E-state index in [0.29, 0.717) is 6.54 Å². The Kier molecular flexibility index (Phi) is 10.2. The van der Waals surface area contributed by atoms with E-state index in [1.54, 1.807) is 4.90 Å². The van der Waals surface area contributed by atoms with Crippen LogP contribution in [0.5, 0.6) is 0 Å². The summed E-state index contributed by atoms with van der Waals surface area (Å²) < 4.78 is 10.6. The molecule has 0 aromatic heterocycles. The molecule has 0 saturated carbocycles. The fourth-order valence-electron chi connectivity index (χ4n) is 3.37. The number of carbonyl (C=O) groups excluding carboxylic acids is 2. The minimum atomic E-state index is -0.397. The molecule has 1 saturated heterocycles. The first-order valence-electron chi connectivity index (χ1n) is 11.5. The van der Waals surface area contributed by atoms with Crippen LogP contribution < -0.4 is 0 Å². The van der Waals surface area contributed by atoms with E-state index in [1.807, 2.05) is 46.4 Å². The molecule has 1 fully saturated rings. The third-order valence-electron chi connectivity index (χ3n) is 5.25. The number of carbonyl (C=O) groups is 2. The Bertz CT molecular complexity index is 579. The topological polar surface area (TPSA) is 59.1 Å². The van der Waals surface area contributed by atoms with Crippen LogP contribution in [0.1, 0.15) is 87.5 Å². The zero-order valence-corrected chi connectivity index (χ0v) is 20.5. The zero-order chi connectivity index (χ0) is 22.9. The molecule has 6 nitrogen and oxygen atoms in total. The predicted molar refractivity (Wildman–Crippen MR) is 122 cm³/mol. The van der Waals surface area contributed by atoms with E-state index in [1.165, 1.54) is 12.0 Å². The van der Waals surface area contributed by atoms with Crippen LogP contribution in [0.15, 0.2) is 11.6 Å². The van der Waals surface area contributed by atoms with Gasteiger partial charge in [-0.3, -0.25) is 0 Å². The average molecular weight is 425 g/mol. The molecule has 2 aliphatic heterocycles. The lowest BCUT2D eigenvalue weighted by Gasteiger charge is -2.33. The molecule has 0 aromatic carbocycles. The minimum absolute atomic E-state index is 0.156. The highest BCUT2D eigenvalue weighted by molar-refractivity contribution is 5.68. The van der Waals surface area contributed by atoms with Crippen LogP contribution in [0.25, 0.3) is 0 Å². The van der Waals surface area contributed by atoms with Crippen LogP contribution in [0.4, 0.5) is 9.59 Å². The minimum Gasteiger partial charge on any atom is -0.444 e. The van der Waals surface area contributed by atoms with Crippen molar-refractivity contribution in [1.29, 1.82) is 0 Å². The summed E-state index contributed by atoms with van der Waals surface area (Å²) in [5.41, 5.74) is 0.666. The second-order valence-electron chi connectivity index (χ2n) is 10.2. The quantitative estimate of drug-likeness (QED) is 0.510. The Morgan fingerprint density at radius 3 is 1.77 bits per heavy atom. The van der Waals surface area contributed by atoms with E-state index in [0.717, 1.165) is 51.2 Å². The van der Waals surface area contributed by atoms with E-state index in [2.05, 4.69) is 19.9 Å². The first-order valence-corrected chi connectivity index (χ1v) is 11.5. The van der Waals surface area contributed by atoms with E-state index in [4.69, 9.17) is 9.47 Å². The van der Waals surface area contributed by atoms with Crippen LogP contribution in [0.3, 0.4) is 0 Å². The lowest BCUT2D eigenvalue weighted by Crippen LogP contribution is -2.41. The summed E-state index contributed by atoms with van der Waals surface area (Å²) in [5.74, 6) is 0.795. The van der Waals surface area contributed by atoms with Crippen molar-refractivity contribution >= 4 is 12.2 Å². The molecule has 2 aliphatic rings. The normalized spacial score (nSPS) is 18.2. The Balaban J connectivity index is 0.000000300. The number of hydrogen-bond donors (Lipinski definition) is 0. The third kappa shape index (κ3) is 10.4. The van der Waals surface area contributed by atoms with Gasteiger partial charge < -0.3 is 19.3 Å². The first kappa shape index (κ1) is 26.3. The van der Waals surface area contributed by atoms with Crippen molar-refractivity contribution in [3.63, 3.8) is 0 Å². The van der Waals surface area contributed by atoms with Gasteiger partial charge in [0.15, 0.2) is 0 Å². The maximum absolute atomic E-state index is 11.7. The van der Waals surface area contributed by atoms with Crippen LogP contribution >= 0.6 is 0 Å². The van der Waals surface area contributed by atoms with Gasteiger partial charge in [0.25, 0.3) is 0 Å². The van der Waals surface area contributed by atoms with Crippen molar-refractivity contribution in [2.45, 2.75) is 98.7 Å². The zero-order valence-electron chi connectivity index (χ0n) is 20.5. The molecule has 0 N–H and O–H groups in total. The molecule has 30 heavy (non-hydrogen) atoms. The van der Waals surface area contributed by atoms with Crippen LogP contribution in [0.2, 0.25) is 0 Å². The van der Waals surface area contributed by atoms with Crippen LogP contribution in [0, 0.1) is 5.92 Å². The number of rotatable bonds is 2. The summed E-state index contributed by atoms with van der Waals surface area (Å²) in [6.45, 7) is 18.9. The van der Waals surface area contributed by atoms with Crippen molar-refractivity contribution < 1.29 is 19.1 Å². The Morgan fingerprint density at radius 1 is 0.900 bits per heavy atom. The molecular weight excluding hydrogens is 380 g/mol. The number of nitrogens with zero attached hydrogens (tertiary/aromatic N) is 2. The third-order valence-corrected chi connectivity index (χ3v) is 5.25. The number of ether oxygens (including phenoxy) is 2. The summed E-state index contributed by atoms with van der Waals surface area (Å²) in [6.07, 6.45) is 7.31. The molecule has 2 rings (SSSR count). The molecule has 6 heteroatoms. The lowest BCUT2D eigenvalue weighted by atomic mass is 9.95. The lowest BCUT2D eigenvalue weighted by molar-refractivity contribution is 0.0181. The number of likely N-dealkylation sites (tertiary alicyclic amines) is 1. The standard InChI is InChI=1S/C12H23NO2.C12H21NO2/c2*1-5-10-6-8-13(9-7-10)11(14)15-12(2,3)4/h10H,5-9H2,1-4H3;6H,5,7-9H2,1-4H3. The van der Waals surface area contributed by atoms with Gasteiger partial charge in [0.05, 0.1) is 0 Å². The van der Waals surface area contributed by atoms with Gasteiger partial charge in [0.2, 0.25) is 0 Å². The summed E-state index contributed by atoms with van der Waals surface area (Å²) >= 11 is 0. The highest BCUT2D eigenvalue weighted by Crippen LogP contribution is 2.21. The Labute approximate surface area is 184 Å². The van der Waals surface area contributed by atoms with Gasteiger partial charge in [-0.15, -0.1) is 0 Å². The second kappa shape index (κ2) is 11.6. The highest BCUT2D eigenvalue weighted by atomic mass is 16.6. The van der Waals surface area contributed by atoms with Crippen molar-refractivity contribution in [1.82, 2.24) is 9.80 Å². The van der Waals surface area contributed by atoms with Crippen molar-refractivity contribution in [2.75, 3.05) is 26.2 Å². The van der Waals surface area contributed by atoms with Crippen LogP contribution in [-0.4, -0.2) is 59.4 Å². The van der Waals surface area contributed by atoms with E-state index in [9.17, 15) is 9.59 Å². The van der Waals surface area contributed by atoms with Gasteiger partial charge in [-0.05, 0) is 73.1 Å². The molecule has 0 unspecified atom stereocenters. The summed E-state index contributed by atoms with van der Waals surface area (Å²) in [7, 11) is 0. The van der Waals surface area contributed by atoms with Crippen molar-refractivity contribution in [3.05, 3.63) is 11.6 Å². The van der Waals surface area contributed by atoms with E-state index >= 15 is 0 Å². The molecule has 174 valence electrons. The van der Waals surface area contributed by atoms with Crippen molar-refractivity contribution in [2.24, 2.45) is 5.92 Å². The molecule has 0 atom stereocenters. The van der Waals surface area contributed by atoms with Gasteiger partial charge in [-0.25, -0.2) is 9.59 Å². The van der Waals surface area contributed by atoms with Gasteiger partial charge in [-0.1, -0.05) is 31.9 Å². The maximum Gasteiger partial charge on any atom is 0.410 e. The monoisotopic (exact) mass is 424 g/mol. The second-order valence-corrected chi connectivity index (χ2v) is 10.2. The molecule has 0 aliphatic carbocycles. The smallest absolute Gasteiger partial charge is 0.410 e. The van der Waals surface area contributed by atoms with Crippen LogP contribution in [-0.2, 0) is 9.47 Å². The highest BCUT2D eigenvalue weighted by Gasteiger charge is 2.26.